The van der Waals surface area contributed by atoms with E-state index in [0.29, 0.717) is 5.41 Å². The Morgan fingerprint density at radius 2 is 2.17 bits per heavy atom. The van der Waals surface area contributed by atoms with Gasteiger partial charge in [0.2, 0.25) is 0 Å². The summed E-state index contributed by atoms with van der Waals surface area (Å²) in [5, 5.41) is 11.4. The zero-order valence-corrected chi connectivity index (χ0v) is 12.0. The van der Waals surface area contributed by atoms with Crippen molar-refractivity contribution < 1.29 is 9.90 Å². The second-order valence-corrected chi connectivity index (χ2v) is 6.05. The lowest BCUT2D eigenvalue weighted by molar-refractivity contribution is -0.0331. The quantitative estimate of drug-likeness (QED) is 0.892. The van der Waals surface area contributed by atoms with Gasteiger partial charge in [-0.3, -0.25) is 4.90 Å². The molecule has 0 spiro atoms. The Morgan fingerprint density at radius 3 is 2.61 bits per heavy atom. The molecule has 18 heavy (non-hydrogen) atoms. The van der Waals surface area contributed by atoms with Crippen LogP contribution in [-0.2, 0) is 0 Å². The Bertz CT molecular complexity index is 432. The summed E-state index contributed by atoms with van der Waals surface area (Å²) in [5.74, 6) is -0.940. The number of likely N-dealkylation sites (tertiary alicyclic amines) is 1. The molecule has 0 bridgehead atoms. The first-order valence-electron chi connectivity index (χ1n) is 6.44. The van der Waals surface area contributed by atoms with Gasteiger partial charge < -0.3 is 5.11 Å². The Hall–Kier alpha value is -0.940. The van der Waals surface area contributed by atoms with Crippen molar-refractivity contribution in [2.24, 2.45) is 5.41 Å². The Labute approximate surface area is 112 Å². The fourth-order valence-electron chi connectivity index (χ4n) is 2.52. The summed E-state index contributed by atoms with van der Waals surface area (Å²) in [6.07, 6.45) is 2.43. The van der Waals surface area contributed by atoms with Crippen molar-refractivity contribution in [2.45, 2.75) is 39.7 Å². The second-order valence-electron chi connectivity index (χ2n) is 5.16. The van der Waals surface area contributed by atoms with Crippen molar-refractivity contribution in [3.05, 3.63) is 16.1 Å². The molecule has 1 N–H and O–H groups in total. The molecule has 4 nitrogen and oxygen atoms in total. The number of carbonyl (C=O) groups is 1. The number of hydrogen-bond donors (Lipinski definition) is 1. The minimum Gasteiger partial charge on any atom is -0.476 e. The van der Waals surface area contributed by atoms with Crippen LogP contribution >= 0.6 is 11.3 Å². The molecule has 0 aliphatic carbocycles. The summed E-state index contributed by atoms with van der Waals surface area (Å²) in [4.78, 5) is 17.4. The molecule has 1 aliphatic heterocycles. The maximum Gasteiger partial charge on any atom is 0.355 e. The van der Waals surface area contributed by atoms with Crippen LogP contribution in [0.1, 0.15) is 55.2 Å². The largest absolute Gasteiger partial charge is 0.476 e. The van der Waals surface area contributed by atoms with E-state index in [1.807, 2.05) is 0 Å². The van der Waals surface area contributed by atoms with Crippen molar-refractivity contribution in [1.82, 2.24) is 9.88 Å². The predicted molar refractivity (Wildman–Crippen MR) is 72.1 cm³/mol. The lowest BCUT2D eigenvalue weighted by atomic mass is 9.74. The average molecular weight is 268 g/mol. The van der Waals surface area contributed by atoms with Gasteiger partial charge in [0.25, 0.3) is 0 Å². The molecule has 5 heteroatoms. The highest BCUT2D eigenvalue weighted by Crippen LogP contribution is 2.41. The first-order chi connectivity index (χ1) is 8.51. The van der Waals surface area contributed by atoms with Crippen LogP contribution in [0.25, 0.3) is 0 Å². The van der Waals surface area contributed by atoms with Gasteiger partial charge in [0, 0.05) is 18.5 Å². The van der Waals surface area contributed by atoms with Crippen LogP contribution in [0.4, 0.5) is 0 Å². The smallest absolute Gasteiger partial charge is 0.355 e. The summed E-state index contributed by atoms with van der Waals surface area (Å²) in [7, 11) is 0. The lowest BCUT2D eigenvalue weighted by Crippen LogP contribution is -2.56. The van der Waals surface area contributed by atoms with Crippen LogP contribution < -0.4 is 0 Å². The van der Waals surface area contributed by atoms with Gasteiger partial charge in [0.1, 0.15) is 5.01 Å². The van der Waals surface area contributed by atoms with E-state index in [0.717, 1.165) is 18.1 Å². The van der Waals surface area contributed by atoms with Crippen molar-refractivity contribution in [2.75, 3.05) is 13.1 Å². The molecule has 0 amide bonds. The lowest BCUT2D eigenvalue weighted by Gasteiger charge is -2.52. The fourth-order valence-corrected chi connectivity index (χ4v) is 3.40. The van der Waals surface area contributed by atoms with Crippen LogP contribution in [0.3, 0.4) is 0 Å². The van der Waals surface area contributed by atoms with Crippen LogP contribution in [0, 0.1) is 5.41 Å². The van der Waals surface area contributed by atoms with E-state index < -0.39 is 5.97 Å². The van der Waals surface area contributed by atoms with Crippen LogP contribution in [0.15, 0.2) is 5.38 Å². The highest BCUT2D eigenvalue weighted by Gasteiger charge is 2.42. The Morgan fingerprint density at radius 1 is 1.56 bits per heavy atom. The van der Waals surface area contributed by atoms with Gasteiger partial charge in [-0.25, -0.2) is 9.78 Å². The first-order valence-corrected chi connectivity index (χ1v) is 7.32. The molecule has 1 atom stereocenters. The van der Waals surface area contributed by atoms with E-state index in [-0.39, 0.29) is 11.7 Å². The van der Waals surface area contributed by atoms with Crippen LogP contribution in [-0.4, -0.2) is 34.0 Å². The van der Waals surface area contributed by atoms with E-state index in [2.05, 4.69) is 30.7 Å². The van der Waals surface area contributed by atoms with Gasteiger partial charge in [-0.2, -0.15) is 0 Å². The number of carboxylic acids is 1. The van der Waals surface area contributed by atoms with Crippen molar-refractivity contribution in [3.8, 4) is 0 Å². The third kappa shape index (κ3) is 2.29. The molecule has 100 valence electrons. The highest BCUT2D eigenvalue weighted by molar-refractivity contribution is 7.09. The number of nitrogens with zero attached hydrogens (tertiary/aromatic N) is 2. The number of rotatable bonds is 5. The molecule has 1 fully saturated rings. The van der Waals surface area contributed by atoms with Crippen molar-refractivity contribution in [1.29, 1.82) is 0 Å². The minimum atomic E-state index is -0.940. The Balaban J connectivity index is 2.01. The van der Waals surface area contributed by atoms with Crippen molar-refractivity contribution in [3.63, 3.8) is 0 Å². The molecule has 1 aromatic rings. The number of aromatic carboxylic acids is 1. The minimum absolute atomic E-state index is 0.166. The van der Waals surface area contributed by atoms with E-state index in [4.69, 9.17) is 5.11 Å². The number of thiazole rings is 1. The summed E-state index contributed by atoms with van der Waals surface area (Å²) in [6.45, 7) is 8.81. The van der Waals surface area contributed by atoms with Gasteiger partial charge >= 0.3 is 5.97 Å². The summed E-state index contributed by atoms with van der Waals surface area (Å²) in [5.41, 5.74) is 0.640. The first kappa shape index (κ1) is 13.5. The third-order valence-corrected chi connectivity index (χ3v) is 5.24. The van der Waals surface area contributed by atoms with Crippen LogP contribution in [0.2, 0.25) is 0 Å². The fraction of sp³-hybridized carbons (Fsp3) is 0.692. The van der Waals surface area contributed by atoms with E-state index >= 15 is 0 Å². The molecule has 1 saturated heterocycles. The van der Waals surface area contributed by atoms with E-state index in [9.17, 15) is 4.79 Å². The maximum atomic E-state index is 10.8. The van der Waals surface area contributed by atoms with E-state index in [1.165, 1.54) is 24.2 Å². The number of carboxylic acid groups (broad SMARTS) is 1. The second kappa shape index (κ2) is 4.97. The number of aromatic nitrogens is 1. The molecule has 2 rings (SSSR count). The molecule has 0 radical (unpaired) electrons. The summed E-state index contributed by atoms with van der Waals surface area (Å²) >= 11 is 1.45. The SMILES string of the molecule is CCC1(CC)CN(C(C)c2nc(C(=O)O)cs2)C1. The van der Waals surface area contributed by atoms with Gasteiger partial charge in [-0.1, -0.05) is 13.8 Å². The Kier molecular flexibility index (Phi) is 3.73. The predicted octanol–water partition coefficient (Wildman–Crippen LogP) is 3.02. The van der Waals surface area contributed by atoms with Crippen molar-refractivity contribution >= 4 is 17.3 Å². The monoisotopic (exact) mass is 268 g/mol. The van der Waals surface area contributed by atoms with Gasteiger partial charge in [0.05, 0.1) is 6.04 Å². The highest BCUT2D eigenvalue weighted by atomic mass is 32.1. The standard InChI is InChI=1S/C13H20N2O2S/c1-4-13(5-2)7-15(8-13)9(3)11-14-10(6-18-11)12(16)17/h6,9H,4-5,7-8H2,1-3H3,(H,16,17). The zero-order valence-electron chi connectivity index (χ0n) is 11.1. The van der Waals surface area contributed by atoms with Gasteiger partial charge in [-0.15, -0.1) is 11.3 Å². The zero-order chi connectivity index (χ0) is 13.3. The molecule has 1 aromatic heterocycles. The van der Waals surface area contributed by atoms with Crippen LogP contribution in [0.5, 0.6) is 0 Å². The number of hydrogen-bond acceptors (Lipinski definition) is 4. The molecule has 2 heterocycles. The summed E-state index contributed by atoms with van der Waals surface area (Å²) in [6, 6.07) is 0.231. The molecule has 1 unspecified atom stereocenters. The topological polar surface area (TPSA) is 53.4 Å². The average Bonchev–Trinajstić information content (AvgIpc) is 2.78. The van der Waals surface area contributed by atoms with E-state index in [1.54, 1.807) is 5.38 Å². The third-order valence-electron chi connectivity index (χ3n) is 4.22. The molecule has 0 aromatic carbocycles. The van der Waals surface area contributed by atoms with Gasteiger partial charge in [0.15, 0.2) is 5.69 Å². The van der Waals surface area contributed by atoms with Gasteiger partial charge in [-0.05, 0) is 25.2 Å². The summed E-state index contributed by atoms with van der Waals surface area (Å²) < 4.78 is 0. The molecule has 0 saturated carbocycles. The molecule has 1 aliphatic rings. The molecular formula is C13H20N2O2S. The normalized spacial score (nSPS) is 20.4. The maximum absolute atomic E-state index is 10.8. The molecular weight excluding hydrogens is 248 g/mol.